The maximum Gasteiger partial charge on any atom is 0.240 e. The Morgan fingerprint density at radius 3 is 2.95 bits per heavy atom. The number of benzene rings is 1. The third kappa shape index (κ3) is 4.27. The summed E-state index contributed by atoms with van der Waals surface area (Å²) < 4.78 is 27.8. The minimum Gasteiger partial charge on any atom is -0.306 e. The first kappa shape index (κ1) is 15.0. The van der Waals surface area contributed by atoms with E-state index >= 15 is 0 Å². The first-order chi connectivity index (χ1) is 8.97. The van der Waals surface area contributed by atoms with Gasteiger partial charge >= 0.3 is 0 Å². The number of nitrogens with zero attached hydrogens (tertiary/aromatic N) is 1. The predicted molar refractivity (Wildman–Crippen MR) is 79.6 cm³/mol. The number of rotatable bonds is 4. The van der Waals surface area contributed by atoms with Gasteiger partial charge in [0.25, 0.3) is 0 Å². The summed E-state index contributed by atoms with van der Waals surface area (Å²) in [6.07, 6.45) is 2.23. The molecule has 0 bridgehead atoms. The van der Waals surface area contributed by atoms with Crippen LogP contribution in [0, 0.1) is 5.92 Å². The number of hydrogen-bond acceptors (Lipinski definition) is 3. The average Bonchev–Trinajstić information content (AvgIpc) is 2.37. The van der Waals surface area contributed by atoms with E-state index < -0.39 is 10.0 Å². The van der Waals surface area contributed by atoms with Crippen LogP contribution in [0.25, 0.3) is 0 Å². The summed E-state index contributed by atoms with van der Waals surface area (Å²) in [5.74, 6) is 0.403. The molecule has 6 heteroatoms. The molecule has 1 aliphatic heterocycles. The summed E-state index contributed by atoms with van der Waals surface area (Å²) in [5, 5.41) is 0. The highest BCUT2D eigenvalue weighted by atomic mass is 79.9. The summed E-state index contributed by atoms with van der Waals surface area (Å²) >= 11 is 3.29. The van der Waals surface area contributed by atoms with Crippen LogP contribution < -0.4 is 4.72 Å². The van der Waals surface area contributed by atoms with Crippen molar-refractivity contribution >= 4 is 26.0 Å². The first-order valence-corrected chi connectivity index (χ1v) is 8.69. The van der Waals surface area contributed by atoms with Gasteiger partial charge < -0.3 is 4.90 Å². The van der Waals surface area contributed by atoms with Crippen LogP contribution in [0.4, 0.5) is 0 Å². The zero-order chi connectivity index (χ0) is 13.9. The molecule has 1 aromatic rings. The van der Waals surface area contributed by atoms with Gasteiger partial charge in [-0.3, -0.25) is 0 Å². The van der Waals surface area contributed by atoms with E-state index in [0.29, 0.717) is 17.4 Å². The minimum atomic E-state index is -3.40. The van der Waals surface area contributed by atoms with Gasteiger partial charge in [-0.25, -0.2) is 13.1 Å². The fourth-order valence-electron chi connectivity index (χ4n) is 2.38. The quantitative estimate of drug-likeness (QED) is 0.907. The normalized spacial score (nSPS) is 21.5. The van der Waals surface area contributed by atoms with Crippen LogP contribution >= 0.6 is 15.9 Å². The van der Waals surface area contributed by atoms with E-state index in [1.807, 2.05) is 6.07 Å². The fourth-order valence-corrected chi connectivity index (χ4v) is 4.10. The number of piperidine rings is 1. The molecule has 1 heterocycles. The van der Waals surface area contributed by atoms with Crippen LogP contribution in [0.3, 0.4) is 0 Å². The number of nitrogens with one attached hydrogen (secondary N) is 1. The summed E-state index contributed by atoms with van der Waals surface area (Å²) in [5.41, 5.74) is 0. The topological polar surface area (TPSA) is 49.4 Å². The Labute approximate surface area is 123 Å². The van der Waals surface area contributed by atoms with Crippen molar-refractivity contribution in [1.82, 2.24) is 9.62 Å². The van der Waals surface area contributed by atoms with Gasteiger partial charge in [0, 0.05) is 17.6 Å². The number of sulfonamides is 1. The lowest BCUT2D eigenvalue weighted by Gasteiger charge is -2.29. The molecular weight excluding hydrogens is 328 g/mol. The molecule has 4 nitrogen and oxygen atoms in total. The largest absolute Gasteiger partial charge is 0.306 e. The van der Waals surface area contributed by atoms with Gasteiger partial charge in [-0.2, -0.15) is 0 Å². The van der Waals surface area contributed by atoms with Crippen molar-refractivity contribution in [2.45, 2.75) is 17.7 Å². The van der Waals surface area contributed by atoms with Crippen LogP contribution in [-0.2, 0) is 10.0 Å². The van der Waals surface area contributed by atoms with Gasteiger partial charge in [-0.05, 0) is 50.6 Å². The molecule has 0 aliphatic carbocycles. The number of likely N-dealkylation sites (tertiary alicyclic amines) is 1. The zero-order valence-corrected chi connectivity index (χ0v) is 13.4. The van der Waals surface area contributed by atoms with Gasteiger partial charge in [0.05, 0.1) is 4.90 Å². The van der Waals surface area contributed by atoms with Gasteiger partial charge in [0.2, 0.25) is 10.0 Å². The monoisotopic (exact) mass is 346 g/mol. The first-order valence-electron chi connectivity index (χ1n) is 6.41. The molecule has 0 amide bonds. The predicted octanol–water partition coefficient (Wildman–Crippen LogP) is 2.07. The Morgan fingerprint density at radius 2 is 2.26 bits per heavy atom. The van der Waals surface area contributed by atoms with E-state index in [-0.39, 0.29) is 0 Å². The lowest BCUT2D eigenvalue weighted by molar-refractivity contribution is 0.211. The van der Waals surface area contributed by atoms with Crippen molar-refractivity contribution in [2.75, 3.05) is 26.7 Å². The average molecular weight is 347 g/mol. The molecule has 1 aromatic carbocycles. The van der Waals surface area contributed by atoms with E-state index in [4.69, 9.17) is 0 Å². The highest BCUT2D eigenvalue weighted by molar-refractivity contribution is 9.10. The summed E-state index contributed by atoms with van der Waals surface area (Å²) in [6, 6.07) is 6.78. The highest BCUT2D eigenvalue weighted by Crippen LogP contribution is 2.18. The molecule has 0 saturated carbocycles. The molecule has 1 fully saturated rings. The molecule has 1 atom stereocenters. The summed E-state index contributed by atoms with van der Waals surface area (Å²) in [7, 11) is -1.32. The Bertz CT molecular complexity index is 533. The van der Waals surface area contributed by atoms with Crippen molar-refractivity contribution in [3.05, 3.63) is 28.7 Å². The SMILES string of the molecule is CN1CCCC(CNS(=O)(=O)c2cccc(Br)c2)C1. The molecule has 0 spiro atoms. The van der Waals surface area contributed by atoms with Crippen LogP contribution in [0.2, 0.25) is 0 Å². The van der Waals surface area contributed by atoms with Crippen LogP contribution in [0.15, 0.2) is 33.6 Å². The van der Waals surface area contributed by atoms with Crippen molar-refractivity contribution in [2.24, 2.45) is 5.92 Å². The third-order valence-corrected chi connectivity index (χ3v) is 5.30. The standard InChI is InChI=1S/C13H19BrN2O2S/c1-16-7-3-4-11(10-16)9-15-19(17,18)13-6-2-5-12(14)8-13/h2,5-6,8,11,15H,3-4,7,9-10H2,1H3. The Balaban J connectivity index is 1.98. The number of hydrogen-bond donors (Lipinski definition) is 1. The van der Waals surface area contributed by atoms with Crippen molar-refractivity contribution in [1.29, 1.82) is 0 Å². The second kappa shape index (κ2) is 6.35. The van der Waals surface area contributed by atoms with E-state index in [2.05, 4.69) is 32.6 Å². The maximum absolute atomic E-state index is 12.2. The fraction of sp³-hybridized carbons (Fsp3) is 0.538. The second-order valence-corrected chi connectivity index (χ2v) is 7.76. The molecule has 1 N–H and O–H groups in total. The molecule has 1 saturated heterocycles. The smallest absolute Gasteiger partial charge is 0.240 e. The molecule has 106 valence electrons. The Kier molecular flexibility index (Phi) is 5.00. The van der Waals surface area contributed by atoms with Gasteiger partial charge in [-0.1, -0.05) is 22.0 Å². The Hall–Kier alpha value is -0.430. The summed E-state index contributed by atoms with van der Waals surface area (Å²) in [4.78, 5) is 2.56. The van der Waals surface area contributed by atoms with E-state index in [9.17, 15) is 8.42 Å². The van der Waals surface area contributed by atoms with Crippen LogP contribution in [0.1, 0.15) is 12.8 Å². The van der Waals surface area contributed by atoms with Crippen molar-refractivity contribution < 1.29 is 8.42 Å². The van der Waals surface area contributed by atoms with Crippen molar-refractivity contribution in [3.63, 3.8) is 0 Å². The lowest BCUT2D eigenvalue weighted by Crippen LogP contribution is -2.39. The zero-order valence-electron chi connectivity index (χ0n) is 11.0. The molecular formula is C13H19BrN2O2S. The van der Waals surface area contributed by atoms with E-state index in [0.717, 1.165) is 30.4 Å². The molecule has 1 aliphatic rings. The van der Waals surface area contributed by atoms with Crippen molar-refractivity contribution in [3.8, 4) is 0 Å². The summed E-state index contributed by atoms with van der Waals surface area (Å²) in [6.45, 7) is 2.58. The second-order valence-electron chi connectivity index (χ2n) is 5.08. The molecule has 19 heavy (non-hydrogen) atoms. The van der Waals surface area contributed by atoms with Gasteiger partial charge in [-0.15, -0.1) is 0 Å². The molecule has 2 rings (SSSR count). The van der Waals surface area contributed by atoms with E-state index in [1.165, 1.54) is 0 Å². The third-order valence-electron chi connectivity index (χ3n) is 3.39. The maximum atomic E-state index is 12.2. The van der Waals surface area contributed by atoms with Gasteiger partial charge in [0.15, 0.2) is 0 Å². The minimum absolute atomic E-state index is 0.311. The molecule has 0 radical (unpaired) electrons. The van der Waals surface area contributed by atoms with E-state index in [1.54, 1.807) is 18.2 Å². The lowest BCUT2D eigenvalue weighted by atomic mass is 9.99. The van der Waals surface area contributed by atoms with Gasteiger partial charge in [0.1, 0.15) is 0 Å². The van der Waals surface area contributed by atoms with Crippen LogP contribution in [0.5, 0.6) is 0 Å². The van der Waals surface area contributed by atoms with Crippen LogP contribution in [-0.4, -0.2) is 40.0 Å². The molecule has 0 aromatic heterocycles. The number of halogens is 1. The molecule has 1 unspecified atom stereocenters. The highest BCUT2D eigenvalue weighted by Gasteiger charge is 2.20. The Morgan fingerprint density at radius 1 is 1.47 bits per heavy atom.